The van der Waals surface area contributed by atoms with Crippen LogP contribution in [0.3, 0.4) is 0 Å². The first-order chi connectivity index (χ1) is 11.1. The predicted octanol–water partition coefficient (Wildman–Crippen LogP) is 3.90. The van der Waals surface area contributed by atoms with Gasteiger partial charge in [-0.25, -0.2) is 4.79 Å². The average Bonchev–Trinajstić information content (AvgIpc) is 2.54. The van der Waals surface area contributed by atoms with Gasteiger partial charge < -0.3 is 15.5 Å². The lowest BCUT2D eigenvalue weighted by Crippen LogP contribution is -2.36. The monoisotopic (exact) mass is 311 g/mol. The summed E-state index contributed by atoms with van der Waals surface area (Å²) >= 11 is 0. The molecule has 0 aliphatic carbocycles. The van der Waals surface area contributed by atoms with Crippen molar-refractivity contribution in [2.24, 2.45) is 0 Å². The Bertz CT molecular complexity index is 626. The number of hydrogen-bond acceptors (Lipinski definition) is 2. The van der Waals surface area contributed by atoms with Crippen molar-refractivity contribution in [3.05, 3.63) is 60.2 Å². The van der Waals surface area contributed by atoms with Crippen LogP contribution in [0, 0.1) is 0 Å². The Labute approximate surface area is 138 Å². The van der Waals surface area contributed by atoms with Crippen LogP contribution < -0.4 is 15.5 Å². The summed E-state index contributed by atoms with van der Waals surface area (Å²) in [6, 6.07) is 18.0. The van der Waals surface area contributed by atoms with Crippen LogP contribution in [0.25, 0.3) is 0 Å². The summed E-state index contributed by atoms with van der Waals surface area (Å²) in [6.07, 6.45) is 1.86. The molecule has 0 spiro atoms. The van der Waals surface area contributed by atoms with E-state index in [9.17, 15) is 4.79 Å². The molecule has 0 aromatic heterocycles. The van der Waals surface area contributed by atoms with Crippen LogP contribution in [-0.2, 0) is 6.42 Å². The van der Waals surface area contributed by atoms with Gasteiger partial charge in [-0.05, 0) is 37.5 Å². The molecule has 0 saturated heterocycles. The highest BCUT2D eigenvalue weighted by Crippen LogP contribution is 2.23. The van der Waals surface area contributed by atoms with Gasteiger partial charge in [-0.1, -0.05) is 42.5 Å². The Kier molecular flexibility index (Phi) is 6.03. The zero-order valence-corrected chi connectivity index (χ0v) is 14.0. The van der Waals surface area contributed by atoms with E-state index in [1.165, 1.54) is 5.56 Å². The molecule has 1 unspecified atom stereocenters. The molecular weight excluding hydrogens is 286 g/mol. The second-order valence-electron chi connectivity index (χ2n) is 5.94. The van der Waals surface area contributed by atoms with Crippen molar-refractivity contribution in [2.75, 3.05) is 24.3 Å². The molecule has 23 heavy (non-hydrogen) atoms. The van der Waals surface area contributed by atoms with Gasteiger partial charge in [-0.15, -0.1) is 0 Å². The van der Waals surface area contributed by atoms with E-state index in [0.29, 0.717) is 0 Å². The molecule has 0 heterocycles. The van der Waals surface area contributed by atoms with Gasteiger partial charge in [0.05, 0.1) is 11.4 Å². The number of urea groups is 1. The molecule has 4 nitrogen and oxygen atoms in total. The van der Waals surface area contributed by atoms with Gasteiger partial charge in [0, 0.05) is 20.1 Å². The molecular formula is C19H25N3O. The number of nitrogens with one attached hydrogen (secondary N) is 2. The Morgan fingerprint density at radius 1 is 1.04 bits per heavy atom. The highest BCUT2D eigenvalue weighted by molar-refractivity contribution is 5.93. The highest BCUT2D eigenvalue weighted by atomic mass is 16.2. The van der Waals surface area contributed by atoms with Crippen molar-refractivity contribution >= 4 is 17.4 Å². The smallest absolute Gasteiger partial charge is 0.319 e. The molecule has 0 aliphatic rings. The number of anilines is 2. The van der Waals surface area contributed by atoms with E-state index in [1.807, 2.05) is 68.4 Å². The minimum Gasteiger partial charge on any atom is -0.376 e. The lowest BCUT2D eigenvalue weighted by atomic mass is 10.1. The maximum Gasteiger partial charge on any atom is 0.319 e. The molecule has 2 N–H and O–H groups in total. The summed E-state index contributed by atoms with van der Waals surface area (Å²) in [5, 5.41) is 5.93. The van der Waals surface area contributed by atoms with Crippen LogP contribution in [-0.4, -0.2) is 26.2 Å². The number of para-hydroxylation sites is 2. The molecule has 2 rings (SSSR count). The topological polar surface area (TPSA) is 44.4 Å². The number of amides is 2. The average molecular weight is 311 g/mol. The standard InChI is InChI=1S/C19H25N3O/c1-15(13-14-16-9-5-4-6-10-16)20-19(23)21-17-11-7-8-12-18(17)22(2)3/h4-12,15H,13-14H2,1-3H3,(H2,20,21,23). The number of rotatable bonds is 6. The minimum atomic E-state index is -0.167. The van der Waals surface area contributed by atoms with E-state index < -0.39 is 0 Å². The molecule has 0 radical (unpaired) electrons. The Balaban J connectivity index is 1.85. The van der Waals surface area contributed by atoms with Crippen LogP contribution in [0.15, 0.2) is 54.6 Å². The first-order valence-electron chi connectivity index (χ1n) is 7.94. The number of nitrogens with zero attached hydrogens (tertiary/aromatic N) is 1. The zero-order chi connectivity index (χ0) is 16.7. The Hall–Kier alpha value is -2.49. The molecule has 0 bridgehead atoms. The van der Waals surface area contributed by atoms with Crippen molar-refractivity contribution in [2.45, 2.75) is 25.8 Å². The summed E-state index contributed by atoms with van der Waals surface area (Å²) in [5.41, 5.74) is 3.09. The van der Waals surface area contributed by atoms with E-state index in [4.69, 9.17) is 0 Å². The third-order valence-electron chi connectivity index (χ3n) is 3.72. The van der Waals surface area contributed by atoms with Crippen LogP contribution in [0.4, 0.5) is 16.2 Å². The molecule has 1 atom stereocenters. The maximum absolute atomic E-state index is 12.2. The second-order valence-corrected chi connectivity index (χ2v) is 5.94. The molecule has 0 saturated carbocycles. The summed E-state index contributed by atoms with van der Waals surface area (Å²) in [7, 11) is 3.92. The number of aryl methyl sites for hydroxylation is 1. The fraction of sp³-hybridized carbons (Fsp3) is 0.316. The van der Waals surface area contributed by atoms with Crippen molar-refractivity contribution in [3.8, 4) is 0 Å². The predicted molar refractivity (Wildman–Crippen MR) is 97.1 cm³/mol. The molecule has 0 fully saturated rings. The van der Waals surface area contributed by atoms with Crippen LogP contribution >= 0.6 is 0 Å². The second kappa shape index (κ2) is 8.22. The molecule has 4 heteroatoms. The third-order valence-corrected chi connectivity index (χ3v) is 3.72. The molecule has 122 valence electrons. The van der Waals surface area contributed by atoms with Gasteiger partial charge in [0.2, 0.25) is 0 Å². The summed E-state index contributed by atoms with van der Waals surface area (Å²) < 4.78 is 0. The normalized spacial score (nSPS) is 11.6. The first-order valence-corrected chi connectivity index (χ1v) is 7.94. The lowest BCUT2D eigenvalue weighted by molar-refractivity contribution is 0.248. The van der Waals surface area contributed by atoms with E-state index in [2.05, 4.69) is 22.8 Å². The lowest BCUT2D eigenvalue weighted by Gasteiger charge is -2.19. The summed E-state index contributed by atoms with van der Waals surface area (Å²) in [6.45, 7) is 2.03. The van der Waals surface area contributed by atoms with E-state index >= 15 is 0 Å². The van der Waals surface area contributed by atoms with Gasteiger partial charge in [-0.3, -0.25) is 0 Å². The molecule has 2 amide bonds. The van der Waals surface area contributed by atoms with Gasteiger partial charge in [0.1, 0.15) is 0 Å². The van der Waals surface area contributed by atoms with Crippen LogP contribution in [0.1, 0.15) is 18.9 Å². The van der Waals surface area contributed by atoms with E-state index in [1.54, 1.807) is 0 Å². The third kappa shape index (κ3) is 5.33. The van der Waals surface area contributed by atoms with Crippen molar-refractivity contribution in [3.63, 3.8) is 0 Å². The largest absolute Gasteiger partial charge is 0.376 e. The van der Waals surface area contributed by atoms with Crippen molar-refractivity contribution in [1.29, 1.82) is 0 Å². The minimum absolute atomic E-state index is 0.113. The number of carbonyl (C=O) groups excluding carboxylic acids is 1. The number of hydrogen-bond donors (Lipinski definition) is 2. The fourth-order valence-electron chi connectivity index (χ4n) is 2.45. The maximum atomic E-state index is 12.2. The molecule has 2 aromatic rings. The van der Waals surface area contributed by atoms with Crippen LogP contribution in [0.2, 0.25) is 0 Å². The number of carbonyl (C=O) groups is 1. The SMILES string of the molecule is CC(CCc1ccccc1)NC(=O)Nc1ccccc1N(C)C. The van der Waals surface area contributed by atoms with Crippen molar-refractivity contribution in [1.82, 2.24) is 5.32 Å². The Morgan fingerprint density at radius 2 is 1.70 bits per heavy atom. The van der Waals surface area contributed by atoms with E-state index in [0.717, 1.165) is 24.2 Å². The Morgan fingerprint density at radius 3 is 2.39 bits per heavy atom. The summed E-state index contributed by atoms with van der Waals surface area (Å²) in [4.78, 5) is 14.1. The first kappa shape index (κ1) is 16.9. The highest BCUT2D eigenvalue weighted by Gasteiger charge is 2.10. The molecule has 0 aliphatic heterocycles. The number of benzene rings is 2. The fourth-order valence-corrected chi connectivity index (χ4v) is 2.45. The van der Waals surface area contributed by atoms with Crippen LogP contribution in [0.5, 0.6) is 0 Å². The summed E-state index contributed by atoms with van der Waals surface area (Å²) in [5.74, 6) is 0. The quantitative estimate of drug-likeness (QED) is 0.850. The van der Waals surface area contributed by atoms with Gasteiger partial charge >= 0.3 is 6.03 Å². The van der Waals surface area contributed by atoms with Crippen molar-refractivity contribution < 1.29 is 4.79 Å². The van der Waals surface area contributed by atoms with Gasteiger partial charge in [-0.2, -0.15) is 0 Å². The van der Waals surface area contributed by atoms with Gasteiger partial charge in [0.25, 0.3) is 0 Å². The van der Waals surface area contributed by atoms with Gasteiger partial charge in [0.15, 0.2) is 0 Å². The zero-order valence-electron chi connectivity index (χ0n) is 14.0. The molecule has 2 aromatic carbocycles. The van der Waals surface area contributed by atoms with E-state index in [-0.39, 0.29) is 12.1 Å².